The van der Waals surface area contributed by atoms with Crippen molar-refractivity contribution in [1.29, 1.82) is 0 Å². The van der Waals surface area contributed by atoms with Crippen LogP contribution < -0.4 is 14.5 Å². The number of hydrogen-bond donors (Lipinski definition) is 0. The van der Waals surface area contributed by atoms with Gasteiger partial charge in [-0.2, -0.15) is 0 Å². The molecule has 1 aliphatic heterocycles. The Balaban J connectivity index is 1.15. The first-order valence-corrected chi connectivity index (χ1v) is 16.2. The predicted molar refractivity (Wildman–Crippen MR) is 192 cm³/mol. The molecule has 0 radical (unpaired) electrons. The molecule has 0 aliphatic carbocycles. The molecule has 1 aliphatic rings. The van der Waals surface area contributed by atoms with Crippen LogP contribution in [0.1, 0.15) is 12.5 Å². The Hall–Kier alpha value is -6.41. The SMILES string of the molecule is CCc1ccnc(-n2c3ccccc3c3ccc(Oc4cc(-c5ccno5)cc(N5CN(c6cccc(F)c6)c6ccccc65)c4)cc32)c1. The van der Waals surface area contributed by atoms with Crippen LogP contribution in [0.15, 0.2) is 144 Å². The molecule has 8 aromatic rings. The number of hydrogen-bond acceptors (Lipinski definition) is 6. The Bertz CT molecular complexity index is 2490. The van der Waals surface area contributed by atoms with E-state index in [0.717, 1.165) is 62.4 Å². The second-order valence-electron chi connectivity index (χ2n) is 12.1. The maximum Gasteiger partial charge on any atom is 0.167 e. The van der Waals surface area contributed by atoms with Crippen molar-refractivity contribution in [2.24, 2.45) is 0 Å². The molecule has 5 aromatic carbocycles. The van der Waals surface area contributed by atoms with E-state index in [2.05, 4.69) is 93.2 Å². The highest BCUT2D eigenvalue weighted by molar-refractivity contribution is 6.09. The minimum atomic E-state index is -0.277. The fourth-order valence-corrected chi connectivity index (χ4v) is 6.80. The summed E-state index contributed by atoms with van der Waals surface area (Å²) in [4.78, 5) is 9.07. The predicted octanol–water partition coefficient (Wildman–Crippen LogP) is 10.6. The summed E-state index contributed by atoms with van der Waals surface area (Å²) in [6.45, 7) is 2.63. The molecule has 0 saturated carbocycles. The molecule has 49 heavy (non-hydrogen) atoms. The molecular weight excluding hydrogens is 613 g/mol. The van der Waals surface area contributed by atoms with Crippen molar-refractivity contribution < 1.29 is 13.7 Å². The van der Waals surface area contributed by atoms with Crippen LogP contribution in [0.25, 0.3) is 38.9 Å². The summed E-state index contributed by atoms with van der Waals surface area (Å²) in [6, 6.07) is 41.5. The van der Waals surface area contributed by atoms with Crippen molar-refractivity contribution in [2.45, 2.75) is 13.3 Å². The zero-order chi connectivity index (χ0) is 32.9. The van der Waals surface area contributed by atoms with Crippen LogP contribution in [0.3, 0.4) is 0 Å². The van der Waals surface area contributed by atoms with Crippen LogP contribution in [0, 0.1) is 5.82 Å². The second kappa shape index (κ2) is 11.7. The lowest BCUT2D eigenvalue weighted by atomic mass is 10.1. The molecule has 0 spiro atoms. The Morgan fingerprint density at radius 1 is 0.694 bits per heavy atom. The summed E-state index contributed by atoms with van der Waals surface area (Å²) in [5, 5.41) is 6.23. The first-order chi connectivity index (χ1) is 24.1. The number of pyridine rings is 1. The summed E-state index contributed by atoms with van der Waals surface area (Å²) >= 11 is 0. The quantitative estimate of drug-likeness (QED) is 0.172. The summed E-state index contributed by atoms with van der Waals surface area (Å²) < 4.78 is 28.8. The zero-order valence-corrected chi connectivity index (χ0v) is 26.6. The number of nitrogens with zero attached hydrogens (tertiary/aromatic N) is 5. The first-order valence-electron chi connectivity index (χ1n) is 16.2. The second-order valence-corrected chi connectivity index (χ2v) is 12.1. The van der Waals surface area contributed by atoms with E-state index in [9.17, 15) is 4.39 Å². The Labute approximate surface area is 282 Å². The van der Waals surface area contributed by atoms with Crippen LogP contribution in [0.5, 0.6) is 11.5 Å². The van der Waals surface area contributed by atoms with Gasteiger partial charge in [-0.1, -0.05) is 48.5 Å². The molecule has 7 nitrogen and oxygen atoms in total. The van der Waals surface area contributed by atoms with Crippen molar-refractivity contribution in [3.05, 3.63) is 151 Å². The van der Waals surface area contributed by atoms with Gasteiger partial charge in [-0.15, -0.1) is 0 Å². The van der Waals surface area contributed by atoms with Crippen molar-refractivity contribution in [3.8, 4) is 28.6 Å². The summed E-state index contributed by atoms with van der Waals surface area (Å²) in [7, 11) is 0. The fourth-order valence-electron chi connectivity index (χ4n) is 6.80. The molecule has 0 saturated heterocycles. The van der Waals surface area contributed by atoms with Crippen LogP contribution in [0.4, 0.5) is 27.1 Å². The Morgan fingerprint density at radius 2 is 1.51 bits per heavy atom. The minimum Gasteiger partial charge on any atom is -0.457 e. The standard InChI is InChI=1S/C41H30FN5O2/c1-2-27-16-18-43-41(20-27)47-36-11-4-3-10-34(36)35-15-14-32(25-39(35)47)48-33-22-28(40-17-19-44-49-40)21-31(24-33)46-26-45(30-9-7-8-29(42)23-30)37-12-5-6-13-38(37)46/h3-25H,2,26H2,1H3. The highest BCUT2D eigenvalue weighted by Gasteiger charge is 2.29. The lowest BCUT2D eigenvalue weighted by Gasteiger charge is -2.23. The van der Waals surface area contributed by atoms with Crippen LogP contribution in [0.2, 0.25) is 0 Å². The van der Waals surface area contributed by atoms with Crippen LogP contribution in [-0.4, -0.2) is 21.4 Å². The fraction of sp³-hybridized carbons (Fsp3) is 0.0732. The molecule has 0 unspecified atom stereocenters. The molecule has 0 bridgehead atoms. The van der Waals surface area contributed by atoms with Gasteiger partial charge in [0, 0.05) is 52.1 Å². The van der Waals surface area contributed by atoms with E-state index in [1.54, 1.807) is 18.3 Å². The van der Waals surface area contributed by atoms with E-state index in [-0.39, 0.29) is 5.82 Å². The number of anilines is 4. The molecule has 0 amide bonds. The lowest BCUT2D eigenvalue weighted by molar-refractivity contribution is 0.431. The normalized spacial score (nSPS) is 12.6. The molecular formula is C41H30FN5O2. The Kier molecular flexibility index (Phi) is 6.86. The van der Waals surface area contributed by atoms with Crippen molar-refractivity contribution in [3.63, 3.8) is 0 Å². The smallest absolute Gasteiger partial charge is 0.167 e. The van der Waals surface area contributed by atoms with Gasteiger partial charge in [-0.05, 0) is 84.8 Å². The molecule has 0 fully saturated rings. The average Bonchev–Trinajstić information content (AvgIpc) is 3.89. The number of fused-ring (bicyclic) bond motifs is 4. The van der Waals surface area contributed by atoms with Gasteiger partial charge in [0.05, 0.1) is 28.6 Å². The number of aromatic nitrogens is 3. The van der Waals surface area contributed by atoms with E-state index in [4.69, 9.17) is 14.2 Å². The summed E-state index contributed by atoms with van der Waals surface area (Å²) in [5.41, 5.74) is 7.79. The van der Waals surface area contributed by atoms with E-state index in [0.29, 0.717) is 23.9 Å². The number of aryl methyl sites for hydroxylation is 1. The lowest BCUT2D eigenvalue weighted by Crippen LogP contribution is -2.24. The number of rotatable bonds is 7. The molecule has 4 heterocycles. The van der Waals surface area contributed by atoms with E-state index in [1.165, 1.54) is 11.6 Å². The number of ether oxygens (including phenoxy) is 1. The van der Waals surface area contributed by atoms with Gasteiger partial charge in [0.15, 0.2) is 5.76 Å². The Morgan fingerprint density at radius 3 is 2.33 bits per heavy atom. The minimum absolute atomic E-state index is 0.277. The number of para-hydroxylation sites is 3. The van der Waals surface area contributed by atoms with E-state index in [1.807, 2.05) is 48.7 Å². The van der Waals surface area contributed by atoms with Crippen molar-refractivity contribution in [1.82, 2.24) is 14.7 Å². The van der Waals surface area contributed by atoms with Crippen LogP contribution in [-0.2, 0) is 6.42 Å². The van der Waals surface area contributed by atoms with Gasteiger partial charge < -0.3 is 19.1 Å². The van der Waals surface area contributed by atoms with Crippen molar-refractivity contribution >= 4 is 44.6 Å². The van der Waals surface area contributed by atoms with Crippen LogP contribution >= 0.6 is 0 Å². The maximum absolute atomic E-state index is 14.3. The molecule has 238 valence electrons. The highest BCUT2D eigenvalue weighted by Crippen LogP contribution is 2.46. The van der Waals surface area contributed by atoms with Gasteiger partial charge in [-0.3, -0.25) is 4.57 Å². The zero-order valence-electron chi connectivity index (χ0n) is 26.6. The highest BCUT2D eigenvalue weighted by atomic mass is 19.1. The third-order valence-electron chi connectivity index (χ3n) is 9.12. The molecule has 9 rings (SSSR count). The van der Waals surface area contributed by atoms with E-state index >= 15 is 0 Å². The van der Waals surface area contributed by atoms with Gasteiger partial charge >= 0.3 is 0 Å². The molecule has 0 atom stereocenters. The topological polar surface area (TPSA) is 59.6 Å². The monoisotopic (exact) mass is 643 g/mol. The molecule has 8 heteroatoms. The van der Waals surface area contributed by atoms with Crippen molar-refractivity contribution in [2.75, 3.05) is 16.5 Å². The number of halogens is 1. The molecule has 0 N–H and O–H groups in total. The van der Waals surface area contributed by atoms with Gasteiger partial charge in [0.2, 0.25) is 0 Å². The maximum atomic E-state index is 14.3. The third kappa shape index (κ3) is 5.05. The van der Waals surface area contributed by atoms with Gasteiger partial charge in [0.25, 0.3) is 0 Å². The first kappa shape index (κ1) is 28.8. The number of benzene rings is 5. The van der Waals surface area contributed by atoms with Gasteiger partial charge in [-0.25, -0.2) is 9.37 Å². The largest absolute Gasteiger partial charge is 0.457 e. The third-order valence-corrected chi connectivity index (χ3v) is 9.12. The van der Waals surface area contributed by atoms with E-state index < -0.39 is 0 Å². The molecule has 3 aromatic heterocycles. The summed E-state index contributed by atoms with van der Waals surface area (Å²) in [5.74, 6) is 2.54. The average molecular weight is 644 g/mol. The summed E-state index contributed by atoms with van der Waals surface area (Å²) in [6.07, 6.45) is 4.43. The van der Waals surface area contributed by atoms with Gasteiger partial charge in [0.1, 0.15) is 29.8 Å².